The third-order valence-electron chi connectivity index (χ3n) is 3.21. The third kappa shape index (κ3) is 3.20. The van der Waals surface area contributed by atoms with Crippen molar-refractivity contribution in [2.45, 2.75) is 12.6 Å². The highest BCUT2D eigenvalue weighted by molar-refractivity contribution is 9.10. The first-order chi connectivity index (χ1) is 10.1. The van der Waals surface area contributed by atoms with Crippen LogP contribution in [0.3, 0.4) is 0 Å². The topological polar surface area (TPSA) is 82.5 Å². The number of anilines is 1. The molecule has 1 aromatic carbocycles. The van der Waals surface area contributed by atoms with E-state index in [0.29, 0.717) is 40.3 Å². The Morgan fingerprint density at radius 1 is 1.43 bits per heavy atom. The van der Waals surface area contributed by atoms with Crippen molar-refractivity contribution in [3.63, 3.8) is 0 Å². The molecule has 0 spiro atoms. The molecule has 0 aliphatic carbocycles. The number of methoxy groups -OCH3 is 2. The minimum atomic E-state index is -0.908. The number of aliphatic hydroxyl groups excluding tert-OH is 1. The average Bonchev–Trinajstić information content (AvgIpc) is 2.85. The SMILES string of the molecule is COCCn1ncc(Br)c1C(O)c1cccc(OC)c1N. The maximum Gasteiger partial charge on any atom is 0.142 e. The van der Waals surface area contributed by atoms with Gasteiger partial charge in [-0.1, -0.05) is 12.1 Å². The smallest absolute Gasteiger partial charge is 0.142 e. The number of nitrogens with zero attached hydrogens (tertiary/aromatic N) is 2. The Kier molecular flexibility index (Phi) is 5.22. The van der Waals surface area contributed by atoms with Crippen LogP contribution in [0.5, 0.6) is 5.75 Å². The van der Waals surface area contributed by atoms with E-state index in [1.54, 1.807) is 43.3 Å². The van der Waals surface area contributed by atoms with Crippen molar-refractivity contribution in [3.8, 4) is 5.75 Å². The highest BCUT2D eigenvalue weighted by Gasteiger charge is 2.22. The number of ether oxygens (including phenoxy) is 2. The first kappa shape index (κ1) is 15.8. The van der Waals surface area contributed by atoms with Crippen LogP contribution in [0.15, 0.2) is 28.9 Å². The fourth-order valence-electron chi connectivity index (χ4n) is 2.12. The van der Waals surface area contributed by atoms with E-state index in [9.17, 15) is 5.11 Å². The Hall–Kier alpha value is -1.57. The van der Waals surface area contributed by atoms with Gasteiger partial charge in [0.15, 0.2) is 0 Å². The van der Waals surface area contributed by atoms with Crippen molar-refractivity contribution in [2.24, 2.45) is 0 Å². The summed E-state index contributed by atoms with van der Waals surface area (Å²) in [6, 6.07) is 5.31. The van der Waals surface area contributed by atoms with Crippen molar-refractivity contribution in [2.75, 3.05) is 26.6 Å². The number of nitrogens with two attached hydrogens (primary N) is 1. The van der Waals surface area contributed by atoms with E-state index in [0.717, 1.165) is 0 Å². The zero-order valence-corrected chi connectivity index (χ0v) is 13.5. The van der Waals surface area contributed by atoms with E-state index in [1.165, 1.54) is 0 Å². The maximum absolute atomic E-state index is 10.7. The molecule has 1 unspecified atom stereocenters. The Balaban J connectivity index is 2.40. The van der Waals surface area contributed by atoms with Crippen LogP contribution >= 0.6 is 15.9 Å². The third-order valence-corrected chi connectivity index (χ3v) is 3.82. The van der Waals surface area contributed by atoms with Gasteiger partial charge in [0, 0.05) is 12.7 Å². The highest BCUT2D eigenvalue weighted by Crippen LogP contribution is 2.35. The molecule has 0 saturated heterocycles. The molecule has 114 valence electrons. The molecule has 2 aromatic rings. The molecule has 1 aromatic heterocycles. The van der Waals surface area contributed by atoms with E-state index >= 15 is 0 Å². The van der Waals surface area contributed by atoms with Gasteiger partial charge >= 0.3 is 0 Å². The van der Waals surface area contributed by atoms with Gasteiger partial charge in [0.05, 0.1) is 42.3 Å². The maximum atomic E-state index is 10.7. The summed E-state index contributed by atoms with van der Waals surface area (Å²) in [6.45, 7) is 1.04. The summed E-state index contributed by atoms with van der Waals surface area (Å²) >= 11 is 3.41. The Morgan fingerprint density at radius 2 is 2.19 bits per heavy atom. The van der Waals surface area contributed by atoms with Gasteiger partial charge in [-0.25, -0.2) is 0 Å². The van der Waals surface area contributed by atoms with E-state index in [1.807, 2.05) is 0 Å². The summed E-state index contributed by atoms with van der Waals surface area (Å²) in [5.41, 5.74) is 7.67. The number of aromatic nitrogens is 2. The van der Waals surface area contributed by atoms with Gasteiger partial charge in [0.25, 0.3) is 0 Å². The summed E-state index contributed by atoms with van der Waals surface area (Å²) < 4.78 is 12.6. The fourth-order valence-corrected chi connectivity index (χ4v) is 2.64. The predicted octanol–water partition coefficient (Wildman–Crippen LogP) is 1.96. The van der Waals surface area contributed by atoms with Gasteiger partial charge in [-0.05, 0) is 22.0 Å². The predicted molar refractivity (Wildman–Crippen MR) is 83.3 cm³/mol. The van der Waals surface area contributed by atoms with E-state index in [4.69, 9.17) is 15.2 Å². The van der Waals surface area contributed by atoms with Crippen LogP contribution in [0.1, 0.15) is 17.4 Å². The molecular weight excluding hydrogens is 338 g/mol. The minimum absolute atomic E-state index is 0.416. The number of aliphatic hydroxyl groups is 1. The Bertz CT molecular complexity index is 616. The Labute approximate surface area is 131 Å². The summed E-state index contributed by atoms with van der Waals surface area (Å²) in [7, 11) is 3.16. The average molecular weight is 356 g/mol. The van der Waals surface area contributed by atoms with Gasteiger partial charge in [0.1, 0.15) is 11.9 Å². The molecular formula is C14H18BrN3O3. The molecule has 0 radical (unpaired) electrons. The lowest BCUT2D eigenvalue weighted by Gasteiger charge is -2.17. The number of benzene rings is 1. The quantitative estimate of drug-likeness (QED) is 0.774. The van der Waals surface area contributed by atoms with E-state index < -0.39 is 6.10 Å². The van der Waals surface area contributed by atoms with Gasteiger partial charge in [-0.15, -0.1) is 0 Å². The lowest BCUT2D eigenvalue weighted by atomic mass is 10.0. The molecule has 0 amide bonds. The van der Waals surface area contributed by atoms with Crippen molar-refractivity contribution in [3.05, 3.63) is 40.1 Å². The molecule has 6 nitrogen and oxygen atoms in total. The Morgan fingerprint density at radius 3 is 2.86 bits per heavy atom. The second kappa shape index (κ2) is 6.93. The number of halogens is 1. The van der Waals surface area contributed by atoms with Crippen LogP contribution in [-0.4, -0.2) is 35.7 Å². The molecule has 0 saturated carbocycles. The van der Waals surface area contributed by atoms with Crippen molar-refractivity contribution in [1.82, 2.24) is 9.78 Å². The van der Waals surface area contributed by atoms with Crippen LogP contribution < -0.4 is 10.5 Å². The van der Waals surface area contributed by atoms with E-state index in [-0.39, 0.29) is 0 Å². The van der Waals surface area contributed by atoms with Gasteiger partial charge in [-0.3, -0.25) is 4.68 Å². The summed E-state index contributed by atoms with van der Waals surface area (Å²) in [5, 5.41) is 14.9. The fraction of sp³-hybridized carbons (Fsp3) is 0.357. The standard InChI is InChI=1S/C14H18BrN3O3/c1-20-7-6-18-13(10(15)8-17-18)14(19)9-4-3-5-11(21-2)12(9)16/h3-5,8,14,19H,6-7,16H2,1-2H3. The largest absolute Gasteiger partial charge is 0.495 e. The summed E-state index contributed by atoms with van der Waals surface area (Å²) in [5.74, 6) is 0.533. The van der Waals surface area contributed by atoms with Crippen LogP contribution in [-0.2, 0) is 11.3 Å². The first-order valence-electron chi connectivity index (χ1n) is 6.40. The highest BCUT2D eigenvalue weighted by atomic mass is 79.9. The molecule has 21 heavy (non-hydrogen) atoms. The van der Waals surface area contributed by atoms with Crippen molar-refractivity contribution < 1.29 is 14.6 Å². The monoisotopic (exact) mass is 355 g/mol. The van der Waals surface area contributed by atoms with Gasteiger partial charge < -0.3 is 20.3 Å². The lowest BCUT2D eigenvalue weighted by Crippen LogP contribution is -2.14. The van der Waals surface area contributed by atoms with Gasteiger partial charge in [-0.2, -0.15) is 5.10 Å². The molecule has 3 N–H and O–H groups in total. The molecule has 1 heterocycles. The molecule has 2 rings (SSSR count). The molecule has 0 aliphatic rings. The molecule has 0 bridgehead atoms. The lowest BCUT2D eigenvalue weighted by molar-refractivity contribution is 0.171. The minimum Gasteiger partial charge on any atom is -0.495 e. The molecule has 0 aliphatic heterocycles. The molecule has 0 fully saturated rings. The zero-order chi connectivity index (χ0) is 15.4. The van der Waals surface area contributed by atoms with Crippen LogP contribution in [0.25, 0.3) is 0 Å². The number of rotatable bonds is 6. The molecule has 1 atom stereocenters. The number of nitrogen functional groups attached to an aromatic ring is 1. The second-order valence-electron chi connectivity index (χ2n) is 4.46. The second-order valence-corrected chi connectivity index (χ2v) is 5.31. The summed E-state index contributed by atoms with van der Waals surface area (Å²) in [4.78, 5) is 0. The van der Waals surface area contributed by atoms with Crippen LogP contribution in [0, 0.1) is 0 Å². The zero-order valence-electron chi connectivity index (χ0n) is 11.9. The van der Waals surface area contributed by atoms with Crippen molar-refractivity contribution in [1.29, 1.82) is 0 Å². The first-order valence-corrected chi connectivity index (χ1v) is 7.20. The number of para-hydroxylation sites is 1. The molecule has 7 heteroatoms. The van der Waals surface area contributed by atoms with Crippen molar-refractivity contribution >= 4 is 21.6 Å². The van der Waals surface area contributed by atoms with Crippen LogP contribution in [0.4, 0.5) is 5.69 Å². The van der Waals surface area contributed by atoms with E-state index in [2.05, 4.69) is 21.0 Å². The number of hydrogen-bond donors (Lipinski definition) is 2. The van der Waals surface area contributed by atoms with Gasteiger partial charge in [0.2, 0.25) is 0 Å². The number of hydrogen-bond acceptors (Lipinski definition) is 5. The van der Waals surface area contributed by atoms with Crippen LogP contribution in [0.2, 0.25) is 0 Å². The normalized spacial score (nSPS) is 12.4. The summed E-state index contributed by atoms with van der Waals surface area (Å²) in [6.07, 6.45) is 0.735.